The molecule has 2 rings (SSSR count). The van der Waals surface area contributed by atoms with Gasteiger partial charge in [-0.15, -0.1) is 0 Å². The third kappa shape index (κ3) is 6.13. The predicted octanol–water partition coefficient (Wildman–Crippen LogP) is 0.953. The standard InChI is InChI=1S/C15H24N2O3S/c18-15-7-11-17(12-8-15)10-4-9-16-21(19,20)13-14-5-2-1-3-6-14/h1-3,5-6,15-16,18H,4,7-13H2. The van der Waals surface area contributed by atoms with Crippen LogP contribution in [0.1, 0.15) is 24.8 Å². The van der Waals surface area contributed by atoms with Gasteiger partial charge in [0.15, 0.2) is 0 Å². The second-order valence-electron chi connectivity index (χ2n) is 5.57. The van der Waals surface area contributed by atoms with Gasteiger partial charge in [-0.2, -0.15) is 0 Å². The van der Waals surface area contributed by atoms with E-state index in [-0.39, 0.29) is 11.9 Å². The van der Waals surface area contributed by atoms with E-state index in [2.05, 4.69) is 9.62 Å². The molecule has 0 saturated carbocycles. The third-order valence-corrected chi connectivity index (χ3v) is 5.09. The zero-order valence-corrected chi connectivity index (χ0v) is 13.1. The maximum absolute atomic E-state index is 11.9. The van der Waals surface area contributed by atoms with Gasteiger partial charge in [0.25, 0.3) is 0 Å². The monoisotopic (exact) mass is 312 g/mol. The first kappa shape index (κ1) is 16.4. The van der Waals surface area contributed by atoms with Crippen molar-refractivity contribution in [3.8, 4) is 0 Å². The van der Waals surface area contributed by atoms with E-state index in [9.17, 15) is 13.5 Å². The third-order valence-electron chi connectivity index (χ3n) is 3.73. The molecule has 6 heteroatoms. The molecule has 0 aromatic heterocycles. The summed E-state index contributed by atoms with van der Waals surface area (Å²) in [5, 5.41) is 9.43. The number of rotatable bonds is 7. The molecule has 0 aliphatic carbocycles. The number of piperidine rings is 1. The molecule has 2 N–H and O–H groups in total. The Morgan fingerprint density at radius 1 is 1.19 bits per heavy atom. The normalized spacial score (nSPS) is 18.0. The lowest BCUT2D eigenvalue weighted by Crippen LogP contribution is -2.37. The Kier molecular flexibility index (Phi) is 6.17. The molecule has 118 valence electrons. The molecule has 0 radical (unpaired) electrons. The summed E-state index contributed by atoms with van der Waals surface area (Å²) in [7, 11) is -3.25. The van der Waals surface area contributed by atoms with Gasteiger partial charge < -0.3 is 10.0 Å². The summed E-state index contributed by atoms with van der Waals surface area (Å²) in [5.74, 6) is 0.0315. The number of hydrogen-bond acceptors (Lipinski definition) is 4. The van der Waals surface area contributed by atoms with E-state index in [0.29, 0.717) is 6.54 Å². The van der Waals surface area contributed by atoms with Crippen LogP contribution in [-0.4, -0.2) is 50.7 Å². The maximum atomic E-state index is 11.9. The molecule has 1 fully saturated rings. The van der Waals surface area contributed by atoms with Crippen LogP contribution in [0, 0.1) is 0 Å². The van der Waals surface area contributed by atoms with Crippen molar-refractivity contribution in [2.45, 2.75) is 31.1 Å². The van der Waals surface area contributed by atoms with Gasteiger partial charge in [0.05, 0.1) is 11.9 Å². The number of nitrogens with zero attached hydrogens (tertiary/aromatic N) is 1. The highest BCUT2D eigenvalue weighted by Gasteiger charge is 2.16. The Hall–Kier alpha value is -0.950. The fourth-order valence-corrected chi connectivity index (χ4v) is 3.71. The molecule has 0 amide bonds. The van der Waals surface area contributed by atoms with Gasteiger partial charge in [-0.3, -0.25) is 0 Å². The van der Waals surface area contributed by atoms with Crippen molar-refractivity contribution in [2.24, 2.45) is 0 Å². The number of hydrogen-bond donors (Lipinski definition) is 2. The van der Waals surface area contributed by atoms with E-state index in [1.165, 1.54) is 0 Å². The van der Waals surface area contributed by atoms with Crippen LogP contribution in [0.5, 0.6) is 0 Å². The average molecular weight is 312 g/mol. The van der Waals surface area contributed by atoms with E-state index >= 15 is 0 Å². The molecule has 0 bridgehead atoms. The van der Waals surface area contributed by atoms with Gasteiger partial charge in [0.1, 0.15) is 0 Å². The molecule has 1 heterocycles. The fourth-order valence-electron chi connectivity index (χ4n) is 2.52. The minimum absolute atomic E-state index is 0.0315. The van der Waals surface area contributed by atoms with Gasteiger partial charge in [0, 0.05) is 19.6 Å². The summed E-state index contributed by atoms with van der Waals surface area (Å²) in [6.07, 6.45) is 2.27. The van der Waals surface area contributed by atoms with Crippen LogP contribution in [0.4, 0.5) is 0 Å². The molecule has 1 aliphatic rings. The van der Waals surface area contributed by atoms with Crippen molar-refractivity contribution in [3.63, 3.8) is 0 Å². The quantitative estimate of drug-likeness (QED) is 0.736. The molecule has 0 spiro atoms. The van der Waals surface area contributed by atoms with Gasteiger partial charge in [-0.25, -0.2) is 13.1 Å². The smallest absolute Gasteiger partial charge is 0.215 e. The minimum atomic E-state index is -3.25. The Bertz CT molecular complexity index is 511. The van der Waals surface area contributed by atoms with E-state index in [4.69, 9.17) is 0 Å². The van der Waals surface area contributed by atoms with Crippen molar-refractivity contribution >= 4 is 10.0 Å². The first-order chi connectivity index (χ1) is 10.1. The highest BCUT2D eigenvalue weighted by molar-refractivity contribution is 7.88. The van der Waals surface area contributed by atoms with Crippen molar-refractivity contribution in [3.05, 3.63) is 35.9 Å². The molecular weight excluding hydrogens is 288 g/mol. The van der Waals surface area contributed by atoms with Gasteiger partial charge in [0.2, 0.25) is 10.0 Å². The van der Waals surface area contributed by atoms with Crippen LogP contribution < -0.4 is 4.72 Å². The number of aliphatic hydroxyl groups is 1. The van der Waals surface area contributed by atoms with E-state index < -0.39 is 10.0 Å². The zero-order valence-electron chi connectivity index (χ0n) is 12.2. The van der Waals surface area contributed by atoms with Crippen molar-refractivity contribution in [2.75, 3.05) is 26.2 Å². The molecular formula is C15H24N2O3S. The summed E-state index contributed by atoms with van der Waals surface area (Å²) >= 11 is 0. The van der Waals surface area contributed by atoms with Crippen LogP contribution in [0.25, 0.3) is 0 Å². The second kappa shape index (κ2) is 7.89. The molecule has 5 nitrogen and oxygen atoms in total. The molecule has 1 aromatic carbocycles. The molecule has 1 aromatic rings. The Balaban J connectivity index is 1.65. The van der Waals surface area contributed by atoms with Crippen molar-refractivity contribution in [1.82, 2.24) is 9.62 Å². The van der Waals surface area contributed by atoms with Gasteiger partial charge in [-0.1, -0.05) is 30.3 Å². The van der Waals surface area contributed by atoms with Crippen LogP contribution in [-0.2, 0) is 15.8 Å². The lowest BCUT2D eigenvalue weighted by Gasteiger charge is -2.29. The maximum Gasteiger partial charge on any atom is 0.215 e. The van der Waals surface area contributed by atoms with E-state index in [1.807, 2.05) is 30.3 Å². The Morgan fingerprint density at radius 2 is 1.86 bits per heavy atom. The topological polar surface area (TPSA) is 69.6 Å². The average Bonchev–Trinajstić information content (AvgIpc) is 2.46. The number of likely N-dealkylation sites (tertiary alicyclic amines) is 1. The number of benzene rings is 1. The van der Waals surface area contributed by atoms with E-state index in [1.54, 1.807) is 0 Å². The lowest BCUT2D eigenvalue weighted by molar-refractivity contribution is 0.0823. The van der Waals surface area contributed by atoms with Crippen molar-refractivity contribution < 1.29 is 13.5 Å². The SMILES string of the molecule is O=S(=O)(Cc1ccccc1)NCCCN1CCC(O)CC1. The largest absolute Gasteiger partial charge is 0.393 e. The number of sulfonamides is 1. The highest BCUT2D eigenvalue weighted by Crippen LogP contribution is 2.10. The minimum Gasteiger partial charge on any atom is -0.393 e. The van der Waals surface area contributed by atoms with Crippen LogP contribution in [0.2, 0.25) is 0 Å². The Labute approximate surface area is 127 Å². The highest BCUT2D eigenvalue weighted by atomic mass is 32.2. The molecule has 0 atom stereocenters. The van der Waals surface area contributed by atoms with Gasteiger partial charge in [-0.05, 0) is 31.4 Å². The molecule has 1 aliphatic heterocycles. The summed E-state index contributed by atoms with van der Waals surface area (Å²) < 4.78 is 26.5. The molecule has 1 saturated heterocycles. The summed E-state index contributed by atoms with van der Waals surface area (Å²) in [6.45, 7) is 3.14. The first-order valence-electron chi connectivity index (χ1n) is 7.47. The fraction of sp³-hybridized carbons (Fsp3) is 0.600. The first-order valence-corrected chi connectivity index (χ1v) is 9.12. The summed E-state index contributed by atoms with van der Waals surface area (Å²) in [4.78, 5) is 2.28. The van der Waals surface area contributed by atoms with Crippen LogP contribution in [0.3, 0.4) is 0 Å². The number of nitrogens with one attached hydrogen (secondary N) is 1. The molecule has 0 unspecified atom stereocenters. The predicted molar refractivity (Wildman–Crippen MR) is 83.4 cm³/mol. The zero-order chi connectivity index (χ0) is 15.1. The van der Waals surface area contributed by atoms with Crippen molar-refractivity contribution in [1.29, 1.82) is 0 Å². The molecule has 21 heavy (non-hydrogen) atoms. The Morgan fingerprint density at radius 3 is 2.52 bits per heavy atom. The second-order valence-corrected chi connectivity index (χ2v) is 7.37. The van der Waals surface area contributed by atoms with Crippen LogP contribution >= 0.6 is 0 Å². The lowest BCUT2D eigenvalue weighted by atomic mass is 10.1. The number of aliphatic hydroxyl groups excluding tert-OH is 1. The summed E-state index contributed by atoms with van der Waals surface area (Å²) in [6, 6.07) is 9.20. The van der Waals surface area contributed by atoms with Crippen LogP contribution in [0.15, 0.2) is 30.3 Å². The van der Waals surface area contributed by atoms with Gasteiger partial charge >= 0.3 is 0 Å². The van der Waals surface area contributed by atoms with E-state index in [0.717, 1.165) is 44.5 Å². The summed E-state index contributed by atoms with van der Waals surface area (Å²) in [5.41, 5.74) is 0.801.